The van der Waals surface area contributed by atoms with Gasteiger partial charge in [-0.05, 0) is 48.1 Å². The Bertz CT molecular complexity index is 810. The molecule has 1 aliphatic carbocycles. The number of carbonyl (C=O) groups is 2. The van der Waals surface area contributed by atoms with E-state index in [4.69, 9.17) is 16.2 Å². The molecule has 0 saturated carbocycles. The Kier molecular flexibility index (Phi) is 6.28. The van der Waals surface area contributed by atoms with Gasteiger partial charge in [0.05, 0.1) is 5.92 Å². The highest BCUT2D eigenvalue weighted by Gasteiger charge is 2.35. The second-order valence-electron chi connectivity index (χ2n) is 6.84. The van der Waals surface area contributed by atoms with Gasteiger partial charge in [-0.2, -0.15) is 0 Å². The molecule has 0 aliphatic heterocycles. The van der Waals surface area contributed by atoms with E-state index in [1.54, 1.807) is 0 Å². The monoisotopic (exact) mass is 383 g/mol. The molecule has 0 heterocycles. The van der Waals surface area contributed by atoms with E-state index in [1.165, 1.54) is 0 Å². The molecular formula is C21H25N3O4. The van der Waals surface area contributed by atoms with Crippen LogP contribution in [0.1, 0.15) is 36.3 Å². The van der Waals surface area contributed by atoms with Crippen LogP contribution in [0.15, 0.2) is 48.5 Å². The molecule has 2 aromatic carbocycles. The van der Waals surface area contributed by atoms with Crippen LogP contribution in [-0.2, 0) is 9.53 Å². The quantitative estimate of drug-likeness (QED) is 0.409. The number of carbonyl (C=O) groups excluding carboxylic acids is 1. The summed E-state index contributed by atoms with van der Waals surface area (Å²) < 4.78 is 5.37. The first-order valence-corrected chi connectivity index (χ1v) is 9.36. The van der Waals surface area contributed by atoms with Gasteiger partial charge in [0.2, 0.25) is 0 Å². The largest absolute Gasteiger partial charge is 0.480 e. The van der Waals surface area contributed by atoms with Crippen molar-refractivity contribution < 1.29 is 19.4 Å². The number of aliphatic carboxylic acids is 1. The molecule has 0 fully saturated rings. The van der Waals surface area contributed by atoms with E-state index in [2.05, 4.69) is 5.32 Å². The van der Waals surface area contributed by atoms with Crippen LogP contribution in [0.5, 0.6) is 0 Å². The minimum atomic E-state index is -1.11. The molecule has 6 N–H and O–H groups in total. The van der Waals surface area contributed by atoms with E-state index in [-0.39, 0.29) is 12.3 Å². The Morgan fingerprint density at radius 1 is 1.04 bits per heavy atom. The summed E-state index contributed by atoms with van der Waals surface area (Å²) in [7, 11) is 0. The topological polar surface area (TPSA) is 128 Å². The number of nitrogens with one attached hydrogen (secondary N) is 1. The first kappa shape index (κ1) is 19.9. The maximum absolute atomic E-state index is 12.3. The molecular weight excluding hydrogens is 358 g/mol. The number of carboxylic acids is 1. The van der Waals surface area contributed by atoms with E-state index in [0.29, 0.717) is 19.4 Å². The number of benzene rings is 2. The zero-order valence-electron chi connectivity index (χ0n) is 15.5. The molecule has 0 bridgehead atoms. The minimum Gasteiger partial charge on any atom is -0.480 e. The molecule has 7 heteroatoms. The molecule has 3 rings (SSSR count). The van der Waals surface area contributed by atoms with Crippen molar-refractivity contribution in [1.29, 1.82) is 0 Å². The first-order valence-electron chi connectivity index (χ1n) is 9.36. The smallest absolute Gasteiger partial charge is 0.409 e. The number of unbranched alkanes of at least 4 members (excludes halogenated alkanes) is 1. The van der Waals surface area contributed by atoms with Crippen molar-refractivity contribution in [2.45, 2.75) is 37.5 Å². The predicted octanol–water partition coefficient (Wildman–Crippen LogP) is 2.39. The second kappa shape index (κ2) is 8.86. The van der Waals surface area contributed by atoms with E-state index < -0.39 is 24.3 Å². The molecule has 7 nitrogen and oxygen atoms in total. The number of fused-ring (bicyclic) bond motifs is 3. The van der Waals surface area contributed by atoms with Gasteiger partial charge in [0.25, 0.3) is 0 Å². The third kappa shape index (κ3) is 4.16. The Morgan fingerprint density at radius 3 is 2.14 bits per heavy atom. The molecule has 2 aromatic rings. The maximum Gasteiger partial charge on any atom is 0.409 e. The van der Waals surface area contributed by atoms with Gasteiger partial charge in [-0.15, -0.1) is 0 Å². The molecule has 148 valence electrons. The van der Waals surface area contributed by atoms with Gasteiger partial charge in [-0.1, -0.05) is 48.5 Å². The van der Waals surface area contributed by atoms with E-state index in [1.807, 2.05) is 48.5 Å². The average molecular weight is 383 g/mol. The van der Waals surface area contributed by atoms with Gasteiger partial charge in [0, 0.05) is 0 Å². The summed E-state index contributed by atoms with van der Waals surface area (Å²) in [5, 5.41) is 11.7. The van der Waals surface area contributed by atoms with E-state index in [9.17, 15) is 14.7 Å². The van der Waals surface area contributed by atoms with Crippen LogP contribution in [0.4, 0.5) is 4.79 Å². The van der Waals surface area contributed by atoms with Crippen LogP contribution in [-0.4, -0.2) is 36.0 Å². The van der Waals surface area contributed by atoms with Gasteiger partial charge in [0.15, 0.2) is 6.23 Å². The lowest BCUT2D eigenvalue weighted by atomic mass is 9.95. The Hall–Kier alpha value is -2.90. The fourth-order valence-corrected chi connectivity index (χ4v) is 3.67. The molecule has 1 aliphatic rings. The predicted molar refractivity (Wildman–Crippen MR) is 106 cm³/mol. The van der Waals surface area contributed by atoms with Crippen molar-refractivity contribution in [2.75, 3.05) is 6.54 Å². The summed E-state index contributed by atoms with van der Waals surface area (Å²) in [5.41, 5.74) is 15.8. The summed E-state index contributed by atoms with van der Waals surface area (Å²) in [6.07, 6.45) is -0.206. The maximum atomic E-state index is 12.3. The summed E-state index contributed by atoms with van der Waals surface area (Å²) in [5.74, 6) is -1.42. The molecule has 0 radical (unpaired) electrons. The summed E-state index contributed by atoms with van der Waals surface area (Å²) in [4.78, 5) is 23.6. The van der Waals surface area contributed by atoms with Gasteiger partial charge >= 0.3 is 12.1 Å². The number of hydrogen-bond donors (Lipinski definition) is 4. The number of ether oxygens (including phenoxy) is 1. The molecule has 0 spiro atoms. The number of nitrogens with two attached hydrogens (primary N) is 2. The fraction of sp³-hybridized carbons (Fsp3) is 0.333. The van der Waals surface area contributed by atoms with Crippen molar-refractivity contribution in [3.05, 3.63) is 59.7 Å². The van der Waals surface area contributed by atoms with E-state index >= 15 is 0 Å². The number of rotatable bonds is 8. The van der Waals surface area contributed by atoms with Crippen LogP contribution < -0.4 is 16.8 Å². The number of hydrogen-bond acceptors (Lipinski definition) is 5. The molecule has 0 unspecified atom stereocenters. The molecule has 0 saturated heterocycles. The third-order valence-corrected chi connectivity index (χ3v) is 4.99. The standard InChI is InChI=1S/C21H25N3O4/c22-12-6-5-11-17(20(25)26)24-21(27)28-19(23)18-15-9-3-1-7-13(15)14-8-2-4-10-16(14)18/h1-4,7-10,17-19H,5-6,11-12,22-23H2,(H,24,27)(H,25,26)/t17-,19-/m0/s1. The fourth-order valence-electron chi connectivity index (χ4n) is 3.67. The molecule has 2 atom stereocenters. The van der Waals surface area contributed by atoms with Crippen LogP contribution in [0.25, 0.3) is 11.1 Å². The second-order valence-corrected chi connectivity index (χ2v) is 6.84. The van der Waals surface area contributed by atoms with Gasteiger partial charge in [-0.25, -0.2) is 9.59 Å². The summed E-state index contributed by atoms with van der Waals surface area (Å²) in [6, 6.07) is 14.7. The summed E-state index contributed by atoms with van der Waals surface area (Å²) >= 11 is 0. The lowest BCUT2D eigenvalue weighted by molar-refractivity contribution is -0.139. The van der Waals surface area contributed by atoms with Crippen molar-refractivity contribution in [3.8, 4) is 11.1 Å². The van der Waals surface area contributed by atoms with Crippen LogP contribution >= 0.6 is 0 Å². The van der Waals surface area contributed by atoms with Gasteiger partial charge < -0.3 is 20.9 Å². The Labute approximate surface area is 163 Å². The zero-order valence-corrected chi connectivity index (χ0v) is 15.5. The van der Waals surface area contributed by atoms with Crippen LogP contribution in [0, 0.1) is 0 Å². The Morgan fingerprint density at radius 2 is 1.61 bits per heavy atom. The van der Waals surface area contributed by atoms with Crippen LogP contribution in [0.3, 0.4) is 0 Å². The minimum absolute atomic E-state index is 0.284. The molecule has 0 aromatic heterocycles. The lowest BCUT2D eigenvalue weighted by Gasteiger charge is -2.23. The highest BCUT2D eigenvalue weighted by atomic mass is 16.6. The average Bonchev–Trinajstić information content (AvgIpc) is 3.02. The SMILES string of the molecule is NCCCC[C@H](NC(=O)O[C@H](N)C1c2ccccc2-c2ccccc21)C(=O)O. The number of amides is 1. The number of carboxylic acid groups (broad SMARTS) is 1. The molecule has 28 heavy (non-hydrogen) atoms. The van der Waals surface area contributed by atoms with E-state index in [0.717, 1.165) is 22.3 Å². The molecule has 1 amide bonds. The van der Waals surface area contributed by atoms with Gasteiger partial charge in [0.1, 0.15) is 6.04 Å². The van der Waals surface area contributed by atoms with Crippen molar-refractivity contribution >= 4 is 12.1 Å². The third-order valence-electron chi connectivity index (χ3n) is 4.99. The number of alkyl carbamates (subject to hydrolysis) is 1. The highest BCUT2D eigenvalue weighted by Crippen LogP contribution is 2.45. The zero-order chi connectivity index (χ0) is 20.1. The lowest BCUT2D eigenvalue weighted by Crippen LogP contribution is -2.44. The van der Waals surface area contributed by atoms with Crippen LogP contribution in [0.2, 0.25) is 0 Å². The van der Waals surface area contributed by atoms with Crippen molar-refractivity contribution in [3.63, 3.8) is 0 Å². The normalized spacial score (nSPS) is 14.6. The highest BCUT2D eigenvalue weighted by molar-refractivity contribution is 5.81. The first-order chi connectivity index (χ1) is 13.5. The Balaban J connectivity index is 1.71. The van der Waals surface area contributed by atoms with Crippen molar-refractivity contribution in [2.24, 2.45) is 11.5 Å². The summed E-state index contributed by atoms with van der Waals surface area (Å²) in [6.45, 7) is 0.474. The van der Waals surface area contributed by atoms with Crippen molar-refractivity contribution in [1.82, 2.24) is 5.32 Å². The van der Waals surface area contributed by atoms with Gasteiger partial charge in [-0.3, -0.25) is 5.73 Å².